The van der Waals surface area contributed by atoms with Crippen molar-refractivity contribution in [1.82, 2.24) is 5.32 Å². The first-order valence-corrected chi connectivity index (χ1v) is 14.6. The zero-order valence-electron chi connectivity index (χ0n) is 25.4. The van der Waals surface area contributed by atoms with E-state index in [4.69, 9.17) is 0 Å². The molecule has 1 amide bonds. The topological polar surface area (TPSA) is 130 Å². The highest BCUT2D eigenvalue weighted by Crippen LogP contribution is 2.18. The van der Waals surface area contributed by atoms with Crippen molar-refractivity contribution in [2.24, 2.45) is 4.99 Å². The molecule has 0 aliphatic heterocycles. The minimum atomic E-state index is -1.79. The molecule has 0 bridgehead atoms. The standard InChI is InChI=1S/C33H36B2FN4O5/c1-23(2)24(3)37-13-6-14-38-33(41)29-17-27(20-40(22-29)21-28-18-30(36)9-10-32(28)35(44)45)25-11-15-39(16-12-25)19-26-7-4-5-8-31(26)34(42)43/h4-5,7-12,15-18,20,22,42-45H,1,6,13-14,19,21H2,2-3H3/q+1/p+1. The van der Waals surface area contributed by atoms with Gasteiger partial charge in [-0.3, -0.25) is 9.79 Å². The van der Waals surface area contributed by atoms with Gasteiger partial charge in [0, 0.05) is 47.6 Å². The van der Waals surface area contributed by atoms with Crippen LogP contribution in [0.15, 0.2) is 103 Å². The molecule has 0 unspecified atom stereocenters. The molecule has 2 heterocycles. The zero-order valence-corrected chi connectivity index (χ0v) is 25.4. The highest BCUT2D eigenvalue weighted by Gasteiger charge is 2.22. The van der Waals surface area contributed by atoms with Crippen LogP contribution in [0.25, 0.3) is 11.1 Å². The quantitative estimate of drug-likeness (QED) is 0.0659. The van der Waals surface area contributed by atoms with Crippen molar-refractivity contribution in [2.75, 3.05) is 13.1 Å². The Balaban J connectivity index is 1.61. The van der Waals surface area contributed by atoms with E-state index >= 15 is 0 Å². The fourth-order valence-corrected chi connectivity index (χ4v) is 4.82. The number of aliphatic imine (C=N–C) groups is 1. The number of amides is 1. The number of halogens is 1. The predicted octanol–water partition coefficient (Wildman–Crippen LogP) is 0.681. The molecule has 5 N–H and O–H groups in total. The van der Waals surface area contributed by atoms with Crippen LogP contribution in [0.3, 0.4) is 0 Å². The second-order valence-electron chi connectivity index (χ2n) is 10.9. The van der Waals surface area contributed by atoms with Gasteiger partial charge in [0.25, 0.3) is 5.91 Å². The monoisotopic (exact) mass is 610 g/mol. The van der Waals surface area contributed by atoms with Gasteiger partial charge in [-0.25, -0.2) is 8.96 Å². The third-order valence-electron chi connectivity index (χ3n) is 7.42. The van der Waals surface area contributed by atoms with E-state index in [-0.39, 0.29) is 17.9 Å². The molecule has 0 aliphatic carbocycles. The smallest absolute Gasteiger partial charge is 0.423 e. The van der Waals surface area contributed by atoms with Gasteiger partial charge in [0.2, 0.25) is 0 Å². The summed E-state index contributed by atoms with van der Waals surface area (Å²) < 4.78 is 17.8. The Morgan fingerprint density at radius 1 is 0.867 bits per heavy atom. The van der Waals surface area contributed by atoms with Crippen molar-refractivity contribution >= 4 is 36.8 Å². The number of rotatable bonds is 13. The van der Waals surface area contributed by atoms with E-state index in [2.05, 4.69) is 16.9 Å². The molecule has 230 valence electrons. The fourth-order valence-electron chi connectivity index (χ4n) is 4.82. The van der Waals surface area contributed by atoms with E-state index in [1.165, 1.54) is 18.2 Å². The Kier molecular flexibility index (Phi) is 11.5. The van der Waals surface area contributed by atoms with Crippen LogP contribution >= 0.6 is 0 Å². The highest BCUT2D eigenvalue weighted by molar-refractivity contribution is 6.59. The Morgan fingerprint density at radius 2 is 1.53 bits per heavy atom. The molecule has 0 aliphatic rings. The van der Waals surface area contributed by atoms with Crippen LogP contribution in [0.4, 0.5) is 4.39 Å². The maximum atomic E-state index is 14.1. The molecule has 12 heteroatoms. The predicted molar refractivity (Wildman–Crippen MR) is 173 cm³/mol. The number of benzene rings is 2. The number of carbonyl (C=O) groups is 1. The molecule has 0 spiro atoms. The molecule has 4 aromatic rings. The van der Waals surface area contributed by atoms with Crippen molar-refractivity contribution in [3.8, 4) is 11.1 Å². The Labute approximate surface area is 263 Å². The summed E-state index contributed by atoms with van der Waals surface area (Å²) in [6, 6.07) is 16.3. The molecular formula is C33H37B2FN4O5+2. The van der Waals surface area contributed by atoms with Gasteiger partial charge in [-0.2, -0.15) is 4.57 Å². The van der Waals surface area contributed by atoms with Crippen LogP contribution < -0.4 is 25.4 Å². The number of allylic oxidation sites excluding steroid dienone is 1. The van der Waals surface area contributed by atoms with E-state index in [0.717, 1.165) is 22.4 Å². The van der Waals surface area contributed by atoms with Gasteiger partial charge >= 0.3 is 14.2 Å². The number of hydrogen-bond acceptors (Lipinski definition) is 6. The number of aromatic nitrogens is 2. The van der Waals surface area contributed by atoms with E-state index < -0.39 is 20.1 Å². The molecule has 0 fully saturated rings. The van der Waals surface area contributed by atoms with Gasteiger partial charge in [0.05, 0.1) is 0 Å². The lowest BCUT2D eigenvalue weighted by Gasteiger charge is -2.10. The summed E-state index contributed by atoms with van der Waals surface area (Å²) in [5.74, 6) is -0.811. The second-order valence-corrected chi connectivity index (χ2v) is 10.9. The third kappa shape index (κ3) is 9.26. The number of nitrogens with zero attached hydrogens (tertiary/aromatic N) is 3. The maximum absolute atomic E-state index is 14.1. The number of hydrogen-bond donors (Lipinski definition) is 5. The summed E-state index contributed by atoms with van der Waals surface area (Å²) in [6.45, 7) is 9.13. The van der Waals surface area contributed by atoms with Gasteiger partial charge in [-0.05, 0) is 60.5 Å². The summed E-state index contributed by atoms with van der Waals surface area (Å²) >= 11 is 0. The normalized spacial score (nSPS) is 11.3. The van der Waals surface area contributed by atoms with Crippen LogP contribution in [0.5, 0.6) is 0 Å². The summed E-state index contributed by atoms with van der Waals surface area (Å²) in [4.78, 5) is 17.7. The molecule has 0 saturated carbocycles. The number of carbonyl (C=O) groups excluding carboxylic acids is 1. The van der Waals surface area contributed by atoms with E-state index in [1.54, 1.807) is 35.2 Å². The van der Waals surface area contributed by atoms with Gasteiger partial charge in [-0.15, -0.1) is 0 Å². The Bertz CT molecular complexity index is 1700. The second kappa shape index (κ2) is 15.5. The summed E-state index contributed by atoms with van der Waals surface area (Å²) in [6.07, 6.45) is 7.80. The molecule has 2 aromatic heterocycles. The first-order valence-electron chi connectivity index (χ1n) is 14.6. The Hall–Kier alpha value is -4.48. The van der Waals surface area contributed by atoms with Crippen LogP contribution in [0.2, 0.25) is 0 Å². The summed E-state index contributed by atoms with van der Waals surface area (Å²) in [7, 11) is -3.37. The van der Waals surface area contributed by atoms with Gasteiger partial charge in [0.15, 0.2) is 37.9 Å². The van der Waals surface area contributed by atoms with E-state index in [1.807, 2.05) is 55.1 Å². The summed E-state index contributed by atoms with van der Waals surface area (Å²) in [5.41, 5.74) is 5.38. The number of nitrogens with one attached hydrogen (secondary N) is 1. The van der Waals surface area contributed by atoms with Crippen molar-refractivity contribution in [1.29, 1.82) is 0 Å². The average Bonchev–Trinajstić information content (AvgIpc) is 3.01. The van der Waals surface area contributed by atoms with Crippen molar-refractivity contribution < 1.29 is 38.4 Å². The largest absolute Gasteiger partial charge is 0.488 e. The van der Waals surface area contributed by atoms with E-state index in [9.17, 15) is 29.3 Å². The molecule has 4 rings (SSSR count). The third-order valence-corrected chi connectivity index (χ3v) is 7.42. The Morgan fingerprint density at radius 3 is 2.22 bits per heavy atom. The lowest BCUT2D eigenvalue weighted by atomic mass is 9.77. The first-order chi connectivity index (χ1) is 21.5. The maximum Gasteiger partial charge on any atom is 0.488 e. The molecule has 9 nitrogen and oxygen atoms in total. The van der Waals surface area contributed by atoms with Gasteiger partial charge in [0.1, 0.15) is 11.4 Å². The SMILES string of the molecule is C=C(C)C(C)=NCCCNC(=O)c1cc(-c2cc[n+](Cc3ccccc3B(O)O)cc2)c[n+](Cc2cc(F)ccc2B(O)O)c1. The fraction of sp³-hybridized carbons (Fsp3) is 0.212. The first kappa shape index (κ1) is 33.4. The van der Waals surface area contributed by atoms with Gasteiger partial charge < -0.3 is 25.4 Å². The molecule has 45 heavy (non-hydrogen) atoms. The van der Waals surface area contributed by atoms with Crippen molar-refractivity contribution in [3.05, 3.63) is 120 Å². The molecular weight excluding hydrogens is 573 g/mol. The minimum Gasteiger partial charge on any atom is -0.423 e. The summed E-state index contributed by atoms with van der Waals surface area (Å²) in [5, 5.41) is 42.1. The van der Waals surface area contributed by atoms with Crippen LogP contribution in [-0.2, 0) is 13.1 Å². The molecule has 2 aromatic carbocycles. The molecule has 0 saturated heterocycles. The van der Waals surface area contributed by atoms with Crippen LogP contribution in [-0.4, -0.2) is 59.0 Å². The minimum absolute atomic E-state index is 0.0842. The highest BCUT2D eigenvalue weighted by atomic mass is 19.1. The van der Waals surface area contributed by atoms with Crippen LogP contribution in [0, 0.1) is 5.82 Å². The molecule has 0 radical (unpaired) electrons. The lowest BCUT2D eigenvalue weighted by molar-refractivity contribution is -0.688. The average molecular weight is 610 g/mol. The van der Waals surface area contributed by atoms with Crippen molar-refractivity contribution in [2.45, 2.75) is 33.4 Å². The van der Waals surface area contributed by atoms with Gasteiger partial charge in [-0.1, -0.05) is 36.9 Å². The van der Waals surface area contributed by atoms with Crippen molar-refractivity contribution in [3.63, 3.8) is 0 Å². The lowest BCUT2D eigenvalue weighted by Crippen LogP contribution is -2.42. The molecule has 0 atom stereocenters. The number of pyridine rings is 2. The zero-order chi connectivity index (χ0) is 32.5. The van der Waals surface area contributed by atoms with Crippen LogP contribution in [0.1, 0.15) is 41.8 Å². The van der Waals surface area contributed by atoms with E-state index in [0.29, 0.717) is 48.2 Å².